The third-order valence-electron chi connectivity index (χ3n) is 10.7. The quantitative estimate of drug-likeness (QED) is 0.137. The summed E-state index contributed by atoms with van der Waals surface area (Å²) in [4.78, 5) is 11.3. The van der Waals surface area contributed by atoms with Crippen LogP contribution in [0.5, 0.6) is 0 Å². The molecule has 2 aliphatic carbocycles. The number of carbonyl (C=O) groups is 1. The van der Waals surface area contributed by atoms with Gasteiger partial charge < -0.3 is 14.0 Å². The number of aliphatic carboxylic acids is 1. The SMILES string of the molecule is CC#CCC(C)[C@@H](/C=C/[C@@H]1[C@H]2C/C(=C/CCC(C)C(=O)O)C[C@H]2C[C@H]1O[Si](C)(C)C(C)(C)C)O[Si](C)(C)C(C)(C)C. The van der Waals surface area contributed by atoms with Crippen molar-refractivity contribution in [3.05, 3.63) is 23.8 Å². The fourth-order valence-corrected chi connectivity index (χ4v) is 8.44. The fraction of sp³-hybridized carbons (Fsp3) is 0.800. The summed E-state index contributed by atoms with van der Waals surface area (Å²) in [6.07, 6.45) is 13.2. The number of carboxylic acid groups (broad SMARTS) is 1. The lowest BCUT2D eigenvalue weighted by atomic mass is 9.89. The van der Waals surface area contributed by atoms with E-state index in [1.54, 1.807) is 0 Å². The lowest BCUT2D eigenvalue weighted by Gasteiger charge is -2.41. The third-order valence-corrected chi connectivity index (χ3v) is 19.7. The van der Waals surface area contributed by atoms with Gasteiger partial charge in [-0.1, -0.05) is 79.2 Å². The van der Waals surface area contributed by atoms with Crippen LogP contribution in [-0.2, 0) is 13.6 Å². The highest BCUT2D eigenvalue weighted by atomic mass is 28.4. The van der Waals surface area contributed by atoms with Crippen LogP contribution in [0.25, 0.3) is 0 Å². The average molecular weight is 603 g/mol. The molecule has 2 fully saturated rings. The van der Waals surface area contributed by atoms with Crippen LogP contribution in [0, 0.1) is 41.4 Å². The summed E-state index contributed by atoms with van der Waals surface area (Å²) in [5, 5.41) is 9.59. The van der Waals surface area contributed by atoms with Gasteiger partial charge in [0.2, 0.25) is 0 Å². The van der Waals surface area contributed by atoms with E-state index < -0.39 is 22.6 Å². The zero-order chi connectivity index (χ0) is 31.4. The molecular weight excluding hydrogens is 541 g/mol. The van der Waals surface area contributed by atoms with Crippen molar-refractivity contribution in [3.8, 4) is 11.8 Å². The number of hydrogen-bond donors (Lipinski definition) is 1. The molecule has 41 heavy (non-hydrogen) atoms. The fourth-order valence-electron chi connectivity index (χ4n) is 5.74. The first-order valence-electron chi connectivity index (χ1n) is 16.0. The van der Waals surface area contributed by atoms with Crippen LogP contribution in [-0.4, -0.2) is 39.9 Å². The number of hydrogen-bond acceptors (Lipinski definition) is 3. The van der Waals surface area contributed by atoms with E-state index in [1.807, 2.05) is 13.8 Å². The van der Waals surface area contributed by atoms with Crippen molar-refractivity contribution >= 4 is 22.6 Å². The standard InChI is InChI=1S/C35H62O4Si2/c1-14-15-17-25(2)31(38-40(10,11)34(4,5)6)21-20-29-30-23-27(19-16-18-26(3)33(36)37)22-28(30)24-32(29)39-41(12,13)35(7,8)9/h19-21,25-26,28-32H,16-18,22-24H2,1-13H3,(H,36,37)/b21-20+,27-19+/t25?,26?,28-,29+,30-,31+,32+/m0/s1. The van der Waals surface area contributed by atoms with Crippen LogP contribution >= 0.6 is 0 Å². The largest absolute Gasteiger partial charge is 0.481 e. The minimum Gasteiger partial charge on any atom is -0.481 e. The van der Waals surface area contributed by atoms with Crippen LogP contribution in [0.2, 0.25) is 36.3 Å². The maximum Gasteiger partial charge on any atom is 0.306 e. The zero-order valence-electron chi connectivity index (χ0n) is 28.7. The van der Waals surface area contributed by atoms with Gasteiger partial charge in [-0.15, -0.1) is 11.8 Å². The van der Waals surface area contributed by atoms with Gasteiger partial charge in [-0.25, -0.2) is 0 Å². The topological polar surface area (TPSA) is 55.8 Å². The molecule has 4 nitrogen and oxygen atoms in total. The van der Waals surface area contributed by atoms with Crippen LogP contribution in [0.15, 0.2) is 23.8 Å². The molecule has 0 aliphatic heterocycles. The van der Waals surface area contributed by atoms with E-state index in [-0.39, 0.29) is 28.2 Å². The predicted molar refractivity (Wildman–Crippen MR) is 179 cm³/mol. The van der Waals surface area contributed by atoms with Gasteiger partial charge in [0.25, 0.3) is 0 Å². The third kappa shape index (κ3) is 9.68. The Bertz CT molecular complexity index is 1000. The van der Waals surface area contributed by atoms with Crippen molar-refractivity contribution in [3.63, 3.8) is 0 Å². The van der Waals surface area contributed by atoms with E-state index in [9.17, 15) is 9.90 Å². The summed E-state index contributed by atoms with van der Waals surface area (Å²) in [7, 11) is -3.90. The van der Waals surface area contributed by atoms with Crippen molar-refractivity contribution in [2.24, 2.45) is 29.6 Å². The lowest BCUT2D eigenvalue weighted by molar-refractivity contribution is -0.141. The van der Waals surface area contributed by atoms with Crippen molar-refractivity contribution in [1.29, 1.82) is 0 Å². The van der Waals surface area contributed by atoms with E-state index in [1.165, 1.54) is 5.57 Å². The Kier molecular flexibility index (Phi) is 12.4. The molecule has 0 aromatic rings. The van der Waals surface area contributed by atoms with Crippen molar-refractivity contribution in [1.82, 2.24) is 0 Å². The first kappa shape index (κ1) is 36.1. The Morgan fingerprint density at radius 3 is 2.20 bits per heavy atom. The molecule has 2 rings (SSSR count). The maximum atomic E-state index is 11.3. The van der Waals surface area contributed by atoms with E-state index in [2.05, 4.69) is 105 Å². The molecule has 2 unspecified atom stereocenters. The van der Waals surface area contributed by atoms with Gasteiger partial charge in [0.1, 0.15) is 0 Å². The second kappa shape index (κ2) is 14.1. The van der Waals surface area contributed by atoms with Gasteiger partial charge in [0, 0.05) is 12.3 Å². The van der Waals surface area contributed by atoms with Crippen LogP contribution in [0.4, 0.5) is 0 Å². The minimum absolute atomic E-state index is 0.0400. The number of carboxylic acids is 1. The Morgan fingerprint density at radius 2 is 1.66 bits per heavy atom. The van der Waals surface area contributed by atoms with Crippen LogP contribution in [0.1, 0.15) is 101 Å². The van der Waals surface area contributed by atoms with Crippen molar-refractivity contribution < 1.29 is 18.8 Å². The molecule has 0 amide bonds. The first-order valence-corrected chi connectivity index (χ1v) is 21.9. The van der Waals surface area contributed by atoms with Gasteiger partial charge in [0.05, 0.1) is 18.1 Å². The van der Waals surface area contributed by atoms with Crippen molar-refractivity contribution in [2.75, 3.05) is 0 Å². The number of rotatable bonds is 12. The molecule has 0 heterocycles. The molecule has 0 aromatic carbocycles. The monoisotopic (exact) mass is 602 g/mol. The maximum absolute atomic E-state index is 11.3. The normalized spacial score (nSPS) is 27.0. The van der Waals surface area contributed by atoms with Gasteiger partial charge in [-0.05, 0) is 93.0 Å². The predicted octanol–water partition coefficient (Wildman–Crippen LogP) is 9.85. The van der Waals surface area contributed by atoms with Gasteiger partial charge in [0.15, 0.2) is 16.6 Å². The smallest absolute Gasteiger partial charge is 0.306 e. The second-order valence-corrected chi connectivity index (χ2v) is 25.6. The van der Waals surface area contributed by atoms with E-state index in [4.69, 9.17) is 8.85 Å². The molecular formula is C35H62O4Si2. The lowest BCUT2D eigenvalue weighted by Crippen LogP contribution is -2.45. The first-order chi connectivity index (χ1) is 18.7. The van der Waals surface area contributed by atoms with E-state index in [0.717, 1.165) is 32.1 Å². The number of allylic oxidation sites excluding steroid dienone is 2. The second-order valence-electron chi connectivity index (χ2n) is 16.1. The summed E-state index contributed by atoms with van der Waals surface area (Å²) in [6.45, 7) is 29.4. The molecule has 234 valence electrons. The zero-order valence-corrected chi connectivity index (χ0v) is 30.7. The molecule has 0 saturated heterocycles. The molecule has 0 bridgehead atoms. The van der Waals surface area contributed by atoms with Crippen molar-refractivity contribution in [2.45, 2.75) is 149 Å². The highest BCUT2D eigenvalue weighted by Gasteiger charge is 2.50. The average Bonchev–Trinajstić information content (AvgIpc) is 3.35. The van der Waals surface area contributed by atoms with Gasteiger partial charge in [-0.2, -0.15) is 0 Å². The Morgan fingerprint density at radius 1 is 1.05 bits per heavy atom. The van der Waals surface area contributed by atoms with E-state index >= 15 is 0 Å². The van der Waals surface area contributed by atoms with Gasteiger partial charge >= 0.3 is 5.97 Å². The highest BCUT2D eigenvalue weighted by molar-refractivity contribution is 6.74. The molecule has 0 aromatic heterocycles. The Hall–Kier alpha value is -1.14. The molecule has 6 heteroatoms. The summed E-state index contributed by atoms with van der Waals surface area (Å²) in [5.41, 5.74) is 1.52. The molecule has 0 spiro atoms. The molecule has 2 aliphatic rings. The molecule has 2 saturated carbocycles. The minimum atomic E-state index is -1.97. The molecule has 0 radical (unpaired) electrons. The summed E-state index contributed by atoms with van der Waals surface area (Å²) < 4.78 is 14.2. The Labute approximate surface area is 255 Å². The van der Waals surface area contributed by atoms with Crippen LogP contribution < -0.4 is 0 Å². The van der Waals surface area contributed by atoms with E-state index in [0.29, 0.717) is 30.1 Å². The van der Waals surface area contributed by atoms with Gasteiger partial charge in [-0.3, -0.25) is 4.79 Å². The van der Waals surface area contributed by atoms with Crippen LogP contribution in [0.3, 0.4) is 0 Å². The number of fused-ring (bicyclic) bond motifs is 1. The highest BCUT2D eigenvalue weighted by Crippen LogP contribution is 2.53. The summed E-state index contributed by atoms with van der Waals surface area (Å²) >= 11 is 0. The molecule has 1 N–H and O–H groups in total. The summed E-state index contributed by atoms with van der Waals surface area (Å²) in [6, 6.07) is 0. The molecule has 7 atom stereocenters. The summed E-state index contributed by atoms with van der Waals surface area (Å²) in [5.74, 6) is 7.29. The Balaban J connectivity index is 2.37.